The zero-order chi connectivity index (χ0) is 36.1. The van der Waals surface area contributed by atoms with E-state index >= 15 is 0 Å². The molecule has 0 spiro atoms. The Kier molecular flexibility index (Phi) is 6.38. The number of benzene rings is 1. The minimum Gasteiger partial charge on any atom is -0.483 e. The molecule has 11 nitrogen and oxygen atoms in total. The van der Waals surface area contributed by atoms with Crippen LogP contribution in [0.5, 0.6) is 5.75 Å². The summed E-state index contributed by atoms with van der Waals surface area (Å²) in [7, 11) is 0. The maximum atomic E-state index is 14.4. The molecular formula is C35H37F3O11. The highest BCUT2D eigenvalue weighted by atomic mass is 19.4. The molecule has 4 fully saturated rings. The van der Waals surface area contributed by atoms with Crippen molar-refractivity contribution < 1.29 is 60.5 Å². The Bertz CT molecular complexity index is 1940. The van der Waals surface area contributed by atoms with Crippen LogP contribution in [0.3, 0.4) is 0 Å². The Morgan fingerprint density at radius 2 is 1.27 bits per heavy atom. The predicted octanol–water partition coefficient (Wildman–Crippen LogP) is 5.72. The number of ether oxygens (including phenoxy) is 5. The number of fused-ring (bicyclic) bond motifs is 7. The Labute approximate surface area is 278 Å². The molecule has 1 aromatic carbocycles. The van der Waals surface area contributed by atoms with Gasteiger partial charge in [0.25, 0.3) is 0 Å². The molecule has 5 aliphatic rings. The summed E-state index contributed by atoms with van der Waals surface area (Å²) in [4.78, 5) is 67.4. The van der Waals surface area contributed by atoms with Gasteiger partial charge in [-0.3, -0.25) is 9.59 Å². The first-order chi connectivity index (χ1) is 22.4. The van der Waals surface area contributed by atoms with E-state index in [-0.39, 0.29) is 24.2 Å². The first-order valence-corrected chi connectivity index (χ1v) is 16.2. The van der Waals surface area contributed by atoms with E-state index in [1.807, 2.05) is 0 Å². The highest BCUT2D eigenvalue weighted by molar-refractivity contribution is 5.95. The molecule has 4 bridgehead atoms. The third-order valence-electron chi connectivity index (χ3n) is 13.1. The van der Waals surface area contributed by atoms with Crippen molar-refractivity contribution in [2.75, 3.05) is 0 Å². The van der Waals surface area contributed by atoms with Gasteiger partial charge in [0.15, 0.2) is 12.2 Å². The van der Waals surface area contributed by atoms with E-state index in [1.165, 1.54) is 19.9 Å². The van der Waals surface area contributed by atoms with Crippen molar-refractivity contribution in [3.63, 3.8) is 0 Å². The molecule has 1 aromatic heterocycles. The van der Waals surface area contributed by atoms with Gasteiger partial charge in [-0.1, -0.05) is 27.7 Å². The molecule has 2 aromatic rings. The summed E-state index contributed by atoms with van der Waals surface area (Å²) in [5, 5.41) is -0.532. The Hall–Kier alpha value is -4.10. The van der Waals surface area contributed by atoms with Crippen molar-refractivity contribution in [1.29, 1.82) is 0 Å². The van der Waals surface area contributed by atoms with E-state index in [4.69, 9.17) is 28.1 Å². The molecule has 2 saturated heterocycles. The van der Waals surface area contributed by atoms with Crippen LogP contribution in [0.25, 0.3) is 11.0 Å². The normalized spacial score (nSPS) is 36.1. The Morgan fingerprint density at radius 3 is 1.71 bits per heavy atom. The van der Waals surface area contributed by atoms with Gasteiger partial charge in [-0.05, 0) is 65.5 Å². The van der Waals surface area contributed by atoms with Crippen molar-refractivity contribution in [2.45, 2.75) is 116 Å². The number of carbonyl (C=O) groups excluding carboxylic acids is 4. The van der Waals surface area contributed by atoms with E-state index in [1.54, 1.807) is 41.5 Å². The van der Waals surface area contributed by atoms with E-state index in [0.717, 1.165) is 6.07 Å². The van der Waals surface area contributed by atoms with Crippen molar-refractivity contribution in [2.24, 2.45) is 21.7 Å². The van der Waals surface area contributed by atoms with Gasteiger partial charge in [0, 0.05) is 22.3 Å². The lowest BCUT2D eigenvalue weighted by atomic mass is 9.66. The summed E-state index contributed by atoms with van der Waals surface area (Å²) >= 11 is 0. The molecular weight excluding hydrogens is 653 g/mol. The second-order valence-electron chi connectivity index (χ2n) is 16.0. The van der Waals surface area contributed by atoms with Gasteiger partial charge in [-0.15, -0.1) is 0 Å². The highest BCUT2D eigenvalue weighted by Crippen LogP contribution is 2.67. The molecule has 49 heavy (non-hydrogen) atoms. The van der Waals surface area contributed by atoms with Crippen LogP contribution in [-0.2, 0) is 44.3 Å². The van der Waals surface area contributed by atoms with Gasteiger partial charge in [-0.2, -0.15) is 13.2 Å². The number of alkyl halides is 3. The van der Waals surface area contributed by atoms with Crippen molar-refractivity contribution >= 4 is 34.8 Å². The van der Waals surface area contributed by atoms with Crippen molar-refractivity contribution in [1.82, 2.24) is 0 Å². The molecule has 2 saturated carbocycles. The average molecular weight is 691 g/mol. The molecule has 7 rings (SSSR count). The molecule has 0 unspecified atom stereocenters. The number of rotatable bonds is 4. The third kappa shape index (κ3) is 3.83. The molecule has 4 heterocycles. The zero-order valence-electron chi connectivity index (χ0n) is 28.3. The lowest BCUT2D eigenvalue weighted by Crippen LogP contribution is -2.57. The summed E-state index contributed by atoms with van der Waals surface area (Å²) < 4.78 is 78.0. The molecule has 0 N–H and O–H groups in total. The van der Waals surface area contributed by atoms with Gasteiger partial charge < -0.3 is 28.1 Å². The summed E-state index contributed by atoms with van der Waals surface area (Å²) in [6.45, 7) is 13.3. The van der Waals surface area contributed by atoms with E-state index < -0.39 is 103 Å². The standard InChI is InChI=1S/C35H37F3O11/c1-28(2)23(46-27(43)34-14-12-32(8,25(41)49-34)30(34,5)6)22(45-26(42)33-13-11-31(7,24(40)48-33)29(33,3)4)20-18(47-28)10-9-16-17(35(36,37)38)15-19(39)44-21(16)20/h9-10,15,22-23H,11-14H2,1-8H3/t22-,23-,31+,32+,33-,34-/m1/s1. The first kappa shape index (κ1) is 33.4. The summed E-state index contributed by atoms with van der Waals surface area (Å²) in [6.07, 6.45) is -7.45. The third-order valence-corrected chi connectivity index (χ3v) is 13.1. The monoisotopic (exact) mass is 690 g/mol. The van der Waals surface area contributed by atoms with E-state index in [9.17, 15) is 37.1 Å². The SMILES string of the molecule is CC1(C)Oc2ccc3c(C(F)(F)F)cc(=O)oc3c2[C@@H](OC(=O)[C@@]23CC[C@@](C)(C(=O)O2)C3(C)C)[C@H]1OC(=O)[C@@]12CC[C@@](C)(C(=O)O1)C2(C)C. The van der Waals surface area contributed by atoms with Crippen LogP contribution in [0.2, 0.25) is 0 Å². The lowest BCUT2D eigenvalue weighted by Gasteiger charge is -2.45. The Balaban J connectivity index is 1.40. The second kappa shape index (κ2) is 9.36. The summed E-state index contributed by atoms with van der Waals surface area (Å²) in [6, 6.07) is 2.61. The van der Waals surface area contributed by atoms with E-state index in [0.29, 0.717) is 18.9 Å². The smallest absolute Gasteiger partial charge is 0.417 e. The molecule has 14 heteroatoms. The van der Waals surface area contributed by atoms with Gasteiger partial charge in [-0.25, -0.2) is 14.4 Å². The van der Waals surface area contributed by atoms with Crippen LogP contribution in [0.15, 0.2) is 27.4 Å². The summed E-state index contributed by atoms with van der Waals surface area (Å²) in [5.74, 6) is -3.26. The van der Waals surface area contributed by atoms with Gasteiger partial charge in [0.05, 0.1) is 22.0 Å². The van der Waals surface area contributed by atoms with Crippen molar-refractivity contribution in [3.05, 3.63) is 39.7 Å². The fourth-order valence-corrected chi connectivity index (χ4v) is 8.83. The zero-order valence-corrected chi connectivity index (χ0v) is 28.3. The van der Waals surface area contributed by atoms with Crippen LogP contribution in [0.1, 0.15) is 98.3 Å². The van der Waals surface area contributed by atoms with Crippen LogP contribution >= 0.6 is 0 Å². The molecule has 0 radical (unpaired) electrons. The topological polar surface area (TPSA) is 145 Å². The van der Waals surface area contributed by atoms with Crippen LogP contribution in [0, 0.1) is 21.7 Å². The van der Waals surface area contributed by atoms with Gasteiger partial charge >= 0.3 is 35.7 Å². The van der Waals surface area contributed by atoms with Crippen LogP contribution in [-0.4, -0.2) is 46.8 Å². The largest absolute Gasteiger partial charge is 0.483 e. The average Bonchev–Trinajstić information content (AvgIpc) is 3.45. The van der Waals surface area contributed by atoms with Crippen LogP contribution in [0.4, 0.5) is 13.2 Å². The first-order valence-electron chi connectivity index (χ1n) is 16.2. The maximum Gasteiger partial charge on any atom is 0.417 e. The quantitative estimate of drug-likeness (QED) is 0.221. The minimum atomic E-state index is -4.98. The van der Waals surface area contributed by atoms with E-state index in [2.05, 4.69) is 0 Å². The lowest BCUT2D eigenvalue weighted by molar-refractivity contribution is -0.217. The summed E-state index contributed by atoms with van der Waals surface area (Å²) in [5.41, 5.74) is -12.7. The second-order valence-corrected chi connectivity index (χ2v) is 16.0. The van der Waals surface area contributed by atoms with Gasteiger partial charge in [0.2, 0.25) is 11.2 Å². The number of carbonyl (C=O) groups is 4. The molecule has 0 amide bonds. The maximum absolute atomic E-state index is 14.4. The molecule has 264 valence electrons. The molecule has 6 atom stereocenters. The number of esters is 4. The van der Waals surface area contributed by atoms with Crippen LogP contribution < -0.4 is 10.4 Å². The number of hydrogen-bond donors (Lipinski definition) is 0. The fourth-order valence-electron chi connectivity index (χ4n) is 8.83. The fraction of sp³-hybridized carbons (Fsp3) is 0.629. The minimum absolute atomic E-state index is 0.0965. The number of hydrogen-bond acceptors (Lipinski definition) is 11. The Morgan fingerprint density at radius 1 is 0.755 bits per heavy atom. The van der Waals surface area contributed by atoms with Gasteiger partial charge in [0.1, 0.15) is 16.9 Å². The molecule has 3 aliphatic heterocycles. The van der Waals surface area contributed by atoms with Crippen molar-refractivity contribution in [3.8, 4) is 5.75 Å². The number of halogens is 3. The predicted molar refractivity (Wildman–Crippen MR) is 161 cm³/mol. The molecule has 2 aliphatic carbocycles. The highest BCUT2D eigenvalue weighted by Gasteiger charge is 2.78.